The lowest BCUT2D eigenvalue weighted by Crippen LogP contribution is -2.36. The number of aromatic nitrogens is 3. The number of aliphatic hydroxyl groups is 1. The minimum absolute atomic E-state index is 0.0191. The Morgan fingerprint density at radius 2 is 2.11 bits per heavy atom. The number of benzene rings is 1. The first-order valence-electron chi connectivity index (χ1n) is 9.06. The molecule has 2 atom stereocenters. The van der Waals surface area contributed by atoms with E-state index >= 15 is 0 Å². The number of carbonyl (C=O) groups is 1. The minimum Gasteiger partial charge on any atom is -0.497 e. The van der Waals surface area contributed by atoms with Gasteiger partial charge < -0.3 is 19.9 Å². The van der Waals surface area contributed by atoms with Crippen LogP contribution in [0.5, 0.6) is 5.75 Å². The quantitative estimate of drug-likeness (QED) is 0.834. The standard InChI is InChI=1S/C19H26N4O4/c1-12(2)20-18(24)27-15-9-10-19(3,25)17-16(15)21-22-23(17)11-13-5-7-14(26-4)8-6-13/h5-8,12,15,25H,9-11H2,1-4H3,(H,20,24)/t15-,19+/m0/s1. The fraction of sp³-hybridized carbons (Fsp3) is 0.526. The van der Waals surface area contributed by atoms with E-state index in [0.29, 0.717) is 30.8 Å². The van der Waals surface area contributed by atoms with Gasteiger partial charge in [-0.05, 0) is 51.3 Å². The van der Waals surface area contributed by atoms with Gasteiger partial charge >= 0.3 is 6.09 Å². The maximum atomic E-state index is 12.0. The Morgan fingerprint density at radius 3 is 2.74 bits per heavy atom. The summed E-state index contributed by atoms with van der Waals surface area (Å²) in [6.07, 6.45) is -0.0710. The van der Waals surface area contributed by atoms with E-state index in [9.17, 15) is 9.90 Å². The highest BCUT2D eigenvalue weighted by molar-refractivity contribution is 5.67. The molecule has 0 unspecified atom stereocenters. The molecule has 27 heavy (non-hydrogen) atoms. The summed E-state index contributed by atoms with van der Waals surface area (Å²) < 4.78 is 12.4. The Kier molecular flexibility index (Phi) is 5.36. The van der Waals surface area contributed by atoms with Gasteiger partial charge in [0, 0.05) is 6.04 Å². The maximum Gasteiger partial charge on any atom is 0.408 e. The molecular formula is C19H26N4O4. The van der Waals surface area contributed by atoms with Gasteiger partial charge in [0.15, 0.2) is 0 Å². The topological polar surface area (TPSA) is 98.5 Å². The van der Waals surface area contributed by atoms with Crippen LogP contribution in [0.2, 0.25) is 0 Å². The normalized spacial score (nSPS) is 21.6. The second kappa shape index (κ2) is 7.56. The molecule has 1 heterocycles. The Labute approximate surface area is 158 Å². The monoisotopic (exact) mass is 374 g/mol. The summed E-state index contributed by atoms with van der Waals surface area (Å²) in [5.41, 5.74) is 1.02. The third kappa shape index (κ3) is 4.21. The molecule has 0 radical (unpaired) electrons. The number of alkyl carbamates (subject to hydrolysis) is 1. The molecule has 8 heteroatoms. The lowest BCUT2D eigenvalue weighted by atomic mass is 9.85. The second-order valence-electron chi connectivity index (χ2n) is 7.33. The van der Waals surface area contributed by atoms with Crippen molar-refractivity contribution in [3.05, 3.63) is 41.2 Å². The summed E-state index contributed by atoms with van der Waals surface area (Å²) in [4.78, 5) is 12.0. The number of carbonyl (C=O) groups excluding carboxylic acids is 1. The number of hydrogen-bond acceptors (Lipinski definition) is 6. The Morgan fingerprint density at radius 1 is 1.41 bits per heavy atom. The predicted octanol–water partition coefficient (Wildman–Crippen LogP) is 2.51. The van der Waals surface area contributed by atoms with Gasteiger partial charge in [-0.15, -0.1) is 5.10 Å². The molecule has 1 amide bonds. The SMILES string of the molecule is COc1ccc(Cn2nnc3c2[C@](C)(O)CC[C@@H]3OC(=O)NC(C)C)cc1. The van der Waals surface area contributed by atoms with E-state index in [1.165, 1.54) is 0 Å². The molecule has 8 nitrogen and oxygen atoms in total. The number of methoxy groups -OCH3 is 1. The molecule has 1 aliphatic carbocycles. The zero-order chi connectivity index (χ0) is 19.6. The highest BCUT2D eigenvalue weighted by atomic mass is 16.6. The van der Waals surface area contributed by atoms with E-state index in [2.05, 4.69) is 15.6 Å². The van der Waals surface area contributed by atoms with Gasteiger partial charge in [0.1, 0.15) is 23.1 Å². The van der Waals surface area contributed by atoms with Crippen LogP contribution in [-0.2, 0) is 16.9 Å². The van der Waals surface area contributed by atoms with Crippen LogP contribution in [0.25, 0.3) is 0 Å². The lowest BCUT2D eigenvalue weighted by molar-refractivity contribution is -0.00428. The molecule has 0 aliphatic heterocycles. The molecular weight excluding hydrogens is 348 g/mol. The van der Waals surface area contributed by atoms with Crippen molar-refractivity contribution >= 4 is 6.09 Å². The molecule has 0 bridgehead atoms. The Balaban J connectivity index is 1.84. The van der Waals surface area contributed by atoms with Crippen molar-refractivity contribution in [1.29, 1.82) is 0 Å². The first-order valence-corrected chi connectivity index (χ1v) is 9.06. The van der Waals surface area contributed by atoms with E-state index in [1.807, 2.05) is 38.1 Å². The summed E-state index contributed by atoms with van der Waals surface area (Å²) >= 11 is 0. The van der Waals surface area contributed by atoms with Gasteiger partial charge in [-0.1, -0.05) is 17.3 Å². The van der Waals surface area contributed by atoms with Crippen LogP contribution >= 0.6 is 0 Å². The zero-order valence-corrected chi connectivity index (χ0v) is 16.1. The fourth-order valence-electron chi connectivity index (χ4n) is 3.29. The van der Waals surface area contributed by atoms with Crippen LogP contribution in [0.3, 0.4) is 0 Å². The third-order valence-electron chi connectivity index (χ3n) is 4.62. The first-order chi connectivity index (χ1) is 12.8. The van der Waals surface area contributed by atoms with E-state index in [1.54, 1.807) is 18.7 Å². The number of fused-ring (bicyclic) bond motifs is 1. The van der Waals surface area contributed by atoms with Gasteiger partial charge in [0.25, 0.3) is 0 Å². The van der Waals surface area contributed by atoms with Crippen LogP contribution in [-0.4, -0.2) is 39.3 Å². The summed E-state index contributed by atoms with van der Waals surface area (Å²) in [5.74, 6) is 0.774. The van der Waals surface area contributed by atoms with Crippen molar-refractivity contribution in [2.45, 2.75) is 57.9 Å². The lowest BCUT2D eigenvalue weighted by Gasteiger charge is -2.32. The van der Waals surface area contributed by atoms with Gasteiger partial charge in [-0.3, -0.25) is 0 Å². The van der Waals surface area contributed by atoms with E-state index < -0.39 is 17.8 Å². The average molecular weight is 374 g/mol. The van der Waals surface area contributed by atoms with Crippen molar-refractivity contribution in [3.63, 3.8) is 0 Å². The van der Waals surface area contributed by atoms with Gasteiger partial charge in [0.05, 0.1) is 19.3 Å². The third-order valence-corrected chi connectivity index (χ3v) is 4.62. The van der Waals surface area contributed by atoms with Crippen molar-refractivity contribution in [2.24, 2.45) is 0 Å². The largest absolute Gasteiger partial charge is 0.497 e. The summed E-state index contributed by atoms with van der Waals surface area (Å²) in [6.45, 7) is 5.92. The predicted molar refractivity (Wildman–Crippen MR) is 98.4 cm³/mol. The van der Waals surface area contributed by atoms with Crippen LogP contribution in [0.15, 0.2) is 24.3 Å². The van der Waals surface area contributed by atoms with Crippen LogP contribution < -0.4 is 10.1 Å². The smallest absolute Gasteiger partial charge is 0.408 e. The molecule has 0 saturated carbocycles. The van der Waals surface area contributed by atoms with Gasteiger partial charge in [0.2, 0.25) is 0 Å². The summed E-state index contributed by atoms with van der Waals surface area (Å²) in [7, 11) is 1.62. The number of hydrogen-bond donors (Lipinski definition) is 2. The molecule has 146 valence electrons. The van der Waals surface area contributed by atoms with Crippen molar-refractivity contribution < 1.29 is 19.4 Å². The number of rotatable bonds is 5. The van der Waals surface area contributed by atoms with Crippen LogP contribution in [0.4, 0.5) is 4.79 Å². The van der Waals surface area contributed by atoms with E-state index in [0.717, 1.165) is 11.3 Å². The molecule has 1 aromatic carbocycles. The van der Waals surface area contributed by atoms with Gasteiger partial charge in [-0.25, -0.2) is 9.48 Å². The average Bonchev–Trinajstić information content (AvgIpc) is 3.03. The number of ether oxygens (including phenoxy) is 2. The zero-order valence-electron chi connectivity index (χ0n) is 16.1. The van der Waals surface area contributed by atoms with Crippen LogP contribution in [0, 0.1) is 0 Å². The molecule has 1 aromatic heterocycles. The minimum atomic E-state index is -1.08. The molecule has 2 N–H and O–H groups in total. The number of nitrogens with one attached hydrogen (secondary N) is 1. The first kappa shape index (κ1) is 19.2. The van der Waals surface area contributed by atoms with Crippen molar-refractivity contribution in [3.8, 4) is 5.75 Å². The second-order valence-corrected chi connectivity index (χ2v) is 7.33. The Hall–Kier alpha value is -2.61. The molecule has 2 aromatic rings. The van der Waals surface area contributed by atoms with E-state index in [-0.39, 0.29) is 6.04 Å². The summed E-state index contributed by atoms with van der Waals surface area (Å²) in [5, 5.41) is 22.0. The van der Waals surface area contributed by atoms with E-state index in [4.69, 9.17) is 9.47 Å². The number of amides is 1. The molecule has 0 spiro atoms. The molecule has 0 fully saturated rings. The van der Waals surface area contributed by atoms with Crippen molar-refractivity contribution in [1.82, 2.24) is 20.3 Å². The summed E-state index contributed by atoms with van der Waals surface area (Å²) in [6, 6.07) is 7.61. The highest BCUT2D eigenvalue weighted by Gasteiger charge is 2.41. The molecule has 0 saturated heterocycles. The maximum absolute atomic E-state index is 12.0. The molecule has 1 aliphatic rings. The molecule has 3 rings (SSSR count). The van der Waals surface area contributed by atoms with Crippen LogP contribution in [0.1, 0.15) is 56.7 Å². The highest BCUT2D eigenvalue weighted by Crippen LogP contribution is 2.40. The Bertz CT molecular complexity index is 799. The van der Waals surface area contributed by atoms with Crippen molar-refractivity contribution in [2.75, 3.05) is 7.11 Å². The fourth-order valence-corrected chi connectivity index (χ4v) is 3.29. The number of nitrogens with zero attached hydrogens (tertiary/aromatic N) is 3. The van der Waals surface area contributed by atoms with Gasteiger partial charge in [-0.2, -0.15) is 0 Å².